The standard InChI is InChI=1S/C12H12BrN3O3S/c13-10-3-1-2-4-11(10)20(17,18)16-6-5-9(7-16)12-14-8-19-15-12/h1-4,8-9H,5-7H2. The molecule has 1 fully saturated rings. The Bertz CT molecular complexity index is 702. The van der Waals surface area contributed by atoms with Crippen molar-refractivity contribution < 1.29 is 12.9 Å². The third kappa shape index (κ3) is 2.38. The molecule has 1 aliphatic heterocycles. The van der Waals surface area contributed by atoms with E-state index in [1.807, 2.05) is 0 Å². The summed E-state index contributed by atoms with van der Waals surface area (Å²) in [6.45, 7) is 0.839. The van der Waals surface area contributed by atoms with E-state index in [9.17, 15) is 8.42 Å². The molecule has 8 heteroatoms. The van der Waals surface area contributed by atoms with E-state index in [1.54, 1.807) is 24.3 Å². The molecule has 20 heavy (non-hydrogen) atoms. The van der Waals surface area contributed by atoms with E-state index in [4.69, 9.17) is 4.52 Å². The Balaban J connectivity index is 1.85. The van der Waals surface area contributed by atoms with Gasteiger partial charge in [0.2, 0.25) is 16.4 Å². The normalized spacial score (nSPS) is 20.4. The first-order chi connectivity index (χ1) is 9.59. The quantitative estimate of drug-likeness (QED) is 0.839. The van der Waals surface area contributed by atoms with Gasteiger partial charge in [0, 0.05) is 23.5 Å². The lowest BCUT2D eigenvalue weighted by Crippen LogP contribution is -2.29. The SMILES string of the molecule is O=S(=O)(c1ccccc1Br)N1CCC(c2ncon2)C1. The monoisotopic (exact) mass is 357 g/mol. The molecule has 6 nitrogen and oxygen atoms in total. The first-order valence-corrected chi connectivity index (χ1v) is 8.33. The summed E-state index contributed by atoms with van der Waals surface area (Å²) in [6, 6.07) is 6.82. The summed E-state index contributed by atoms with van der Waals surface area (Å²) in [7, 11) is -3.49. The average Bonchev–Trinajstić information content (AvgIpc) is 3.10. The van der Waals surface area contributed by atoms with Crippen molar-refractivity contribution in [3.8, 4) is 0 Å². The number of benzene rings is 1. The molecule has 1 aromatic heterocycles. The molecule has 0 bridgehead atoms. The van der Waals surface area contributed by atoms with Crippen LogP contribution in [0.25, 0.3) is 0 Å². The minimum absolute atomic E-state index is 0.00832. The van der Waals surface area contributed by atoms with Gasteiger partial charge < -0.3 is 4.52 Å². The van der Waals surface area contributed by atoms with E-state index in [2.05, 4.69) is 26.1 Å². The van der Waals surface area contributed by atoms with Crippen molar-refractivity contribution in [2.24, 2.45) is 0 Å². The molecule has 2 aromatic rings. The van der Waals surface area contributed by atoms with Crippen LogP contribution < -0.4 is 0 Å². The zero-order valence-corrected chi connectivity index (χ0v) is 12.8. The van der Waals surface area contributed by atoms with Crippen molar-refractivity contribution >= 4 is 26.0 Å². The summed E-state index contributed by atoms with van der Waals surface area (Å²) >= 11 is 3.29. The van der Waals surface area contributed by atoms with Crippen LogP contribution >= 0.6 is 15.9 Å². The van der Waals surface area contributed by atoms with Crippen molar-refractivity contribution in [2.45, 2.75) is 17.2 Å². The van der Waals surface area contributed by atoms with Gasteiger partial charge in [-0.25, -0.2) is 8.42 Å². The van der Waals surface area contributed by atoms with Crippen LogP contribution in [0, 0.1) is 0 Å². The molecule has 1 unspecified atom stereocenters. The topological polar surface area (TPSA) is 76.3 Å². The van der Waals surface area contributed by atoms with Gasteiger partial charge in [0.05, 0.1) is 4.90 Å². The molecule has 1 aromatic carbocycles. The molecule has 1 saturated heterocycles. The second-order valence-electron chi connectivity index (χ2n) is 4.57. The number of halogens is 1. The van der Waals surface area contributed by atoms with Crippen LogP contribution in [0.1, 0.15) is 18.2 Å². The molecule has 3 rings (SSSR count). The van der Waals surface area contributed by atoms with Gasteiger partial charge in [-0.15, -0.1) is 0 Å². The molecule has 0 radical (unpaired) electrons. The number of rotatable bonds is 3. The number of nitrogens with zero attached hydrogens (tertiary/aromatic N) is 3. The Morgan fingerprint density at radius 2 is 2.15 bits per heavy atom. The lowest BCUT2D eigenvalue weighted by Gasteiger charge is -2.16. The van der Waals surface area contributed by atoms with Crippen molar-refractivity contribution in [3.63, 3.8) is 0 Å². The largest absolute Gasteiger partial charge is 0.343 e. The fourth-order valence-corrected chi connectivity index (χ4v) is 4.77. The van der Waals surface area contributed by atoms with Crippen LogP contribution in [0.4, 0.5) is 0 Å². The van der Waals surface area contributed by atoms with E-state index >= 15 is 0 Å². The van der Waals surface area contributed by atoms with Gasteiger partial charge in [-0.1, -0.05) is 17.3 Å². The summed E-state index contributed by atoms with van der Waals surface area (Å²) in [4.78, 5) is 4.28. The van der Waals surface area contributed by atoms with Crippen molar-refractivity contribution in [2.75, 3.05) is 13.1 Å². The minimum atomic E-state index is -3.49. The number of hydrogen-bond acceptors (Lipinski definition) is 5. The smallest absolute Gasteiger partial charge is 0.244 e. The molecule has 1 aliphatic rings. The Hall–Kier alpha value is -1.25. The van der Waals surface area contributed by atoms with E-state index in [-0.39, 0.29) is 10.8 Å². The molecule has 0 N–H and O–H groups in total. The second kappa shape index (κ2) is 5.27. The summed E-state index contributed by atoms with van der Waals surface area (Å²) in [6.07, 6.45) is 1.96. The minimum Gasteiger partial charge on any atom is -0.343 e. The average molecular weight is 358 g/mol. The molecule has 106 valence electrons. The third-order valence-corrected chi connectivity index (χ3v) is 6.23. The van der Waals surface area contributed by atoms with Crippen LogP contribution in [-0.4, -0.2) is 36.0 Å². The first-order valence-electron chi connectivity index (χ1n) is 6.10. The van der Waals surface area contributed by atoms with Crippen LogP contribution in [0.3, 0.4) is 0 Å². The van der Waals surface area contributed by atoms with Gasteiger partial charge in [-0.2, -0.15) is 9.29 Å². The first kappa shape index (κ1) is 13.7. The summed E-state index contributed by atoms with van der Waals surface area (Å²) in [5.74, 6) is 0.556. The van der Waals surface area contributed by atoms with Crippen LogP contribution in [-0.2, 0) is 10.0 Å². The van der Waals surface area contributed by atoms with Gasteiger partial charge in [0.15, 0.2) is 5.82 Å². The van der Waals surface area contributed by atoms with Gasteiger partial charge in [-0.3, -0.25) is 0 Å². The zero-order chi connectivity index (χ0) is 14.2. The molecule has 0 saturated carbocycles. The van der Waals surface area contributed by atoms with Gasteiger partial charge in [-0.05, 0) is 34.5 Å². The molecule has 2 heterocycles. The van der Waals surface area contributed by atoms with Gasteiger partial charge >= 0.3 is 0 Å². The highest BCUT2D eigenvalue weighted by molar-refractivity contribution is 9.10. The van der Waals surface area contributed by atoms with Crippen molar-refractivity contribution in [3.05, 3.63) is 41.0 Å². The maximum absolute atomic E-state index is 12.6. The molecule has 0 spiro atoms. The van der Waals surface area contributed by atoms with Crippen LogP contribution in [0.15, 0.2) is 44.6 Å². The molecular formula is C12H12BrN3O3S. The van der Waals surface area contributed by atoms with Crippen molar-refractivity contribution in [1.29, 1.82) is 0 Å². The number of sulfonamides is 1. The van der Waals surface area contributed by atoms with E-state index in [0.29, 0.717) is 29.8 Å². The van der Waals surface area contributed by atoms with Gasteiger partial charge in [0.25, 0.3) is 0 Å². The maximum Gasteiger partial charge on any atom is 0.244 e. The van der Waals surface area contributed by atoms with Crippen LogP contribution in [0.2, 0.25) is 0 Å². The Morgan fingerprint density at radius 1 is 1.35 bits per heavy atom. The van der Waals surface area contributed by atoms with E-state index < -0.39 is 10.0 Å². The summed E-state index contributed by atoms with van der Waals surface area (Å²) < 4.78 is 32.0. The maximum atomic E-state index is 12.6. The zero-order valence-electron chi connectivity index (χ0n) is 10.4. The predicted molar refractivity (Wildman–Crippen MR) is 74.6 cm³/mol. The second-order valence-corrected chi connectivity index (χ2v) is 7.33. The lowest BCUT2D eigenvalue weighted by molar-refractivity contribution is 0.403. The Morgan fingerprint density at radius 3 is 2.85 bits per heavy atom. The van der Waals surface area contributed by atoms with E-state index in [1.165, 1.54) is 10.7 Å². The Kier molecular flexibility index (Phi) is 3.61. The number of aromatic nitrogens is 2. The summed E-state index contributed by atoms with van der Waals surface area (Å²) in [5.41, 5.74) is 0. The molecule has 0 aliphatic carbocycles. The molecule has 1 atom stereocenters. The number of hydrogen-bond donors (Lipinski definition) is 0. The predicted octanol–water partition coefficient (Wildman–Crippen LogP) is 2.01. The van der Waals surface area contributed by atoms with Gasteiger partial charge in [0.1, 0.15) is 0 Å². The molecule has 0 amide bonds. The fraction of sp³-hybridized carbons (Fsp3) is 0.333. The fourth-order valence-electron chi connectivity index (χ4n) is 2.31. The summed E-state index contributed by atoms with van der Waals surface area (Å²) in [5, 5.41) is 3.79. The molecular weight excluding hydrogens is 346 g/mol. The third-order valence-electron chi connectivity index (χ3n) is 3.35. The van der Waals surface area contributed by atoms with Crippen molar-refractivity contribution in [1.82, 2.24) is 14.4 Å². The van der Waals surface area contributed by atoms with E-state index in [0.717, 1.165) is 0 Å². The highest BCUT2D eigenvalue weighted by Crippen LogP contribution is 2.31. The lowest BCUT2D eigenvalue weighted by atomic mass is 10.1. The highest BCUT2D eigenvalue weighted by atomic mass is 79.9. The highest BCUT2D eigenvalue weighted by Gasteiger charge is 2.35. The Labute approximate surface area is 125 Å². The van der Waals surface area contributed by atoms with Crippen LogP contribution in [0.5, 0.6) is 0 Å².